The van der Waals surface area contributed by atoms with Crippen molar-refractivity contribution in [2.75, 3.05) is 18.5 Å². The highest BCUT2D eigenvalue weighted by Crippen LogP contribution is 2.19. The molecule has 0 saturated carbocycles. The standard InChI is InChI=1S/C14H19NO2/c1-4-9-15(3)13-7-5-12(11(2)10-13)6-8-14(16)17/h5-8,10H,4,9H2,1-3H3,(H,16,17)/b8-6+. The molecule has 0 aliphatic heterocycles. The van der Waals surface area contributed by atoms with E-state index in [1.54, 1.807) is 6.08 Å². The summed E-state index contributed by atoms with van der Waals surface area (Å²) in [5.41, 5.74) is 3.20. The highest BCUT2D eigenvalue weighted by molar-refractivity contribution is 5.85. The van der Waals surface area contributed by atoms with Gasteiger partial charge in [0.25, 0.3) is 0 Å². The molecule has 1 N–H and O–H groups in total. The van der Waals surface area contributed by atoms with Crippen LogP contribution in [0, 0.1) is 6.92 Å². The molecule has 0 unspecified atom stereocenters. The van der Waals surface area contributed by atoms with Crippen LogP contribution in [0.4, 0.5) is 5.69 Å². The molecule has 0 spiro atoms. The Kier molecular flexibility index (Phi) is 4.76. The predicted molar refractivity (Wildman–Crippen MR) is 71.4 cm³/mol. The normalized spacial score (nSPS) is 10.8. The van der Waals surface area contributed by atoms with Crippen molar-refractivity contribution < 1.29 is 9.90 Å². The second-order valence-electron chi connectivity index (χ2n) is 4.13. The number of hydrogen-bond donors (Lipinski definition) is 1. The second kappa shape index (κ2) is 6.09. The average molecular weight is 233 g/mol. The largest absolute Gasteiger partial charge is 0.478 e. The zero-order valence-electron chi connectivity index (χ0n) is 10.6. The zero-order valence-corrected chi connectivity index (χ0v) is 10.6. The smallest absolute Gasteiger partial charge is 0.328 e. The fourth-order valence-corrected chi connectivity index (χ4v) is 1.71. The van der Waals surface area contributed by atoms with Gasteiger partial charge in [0.1, 0.15) is 0 Å². The van der Waals surface area contributed by atoms with Crippen molar-refractivity contribution in [1.82, 2.24) is 0 Å². The summed E-state index contributed by atoms with van der Waals surface area (Å²) in [5, 5.41) is 8.58. The molecule has 0 bridgehead atoms. The Bertz CT molecular complexity index is 424. The summed E-state index contributed by atoms with van der Waals surface area (Å²) in [6, 6.07) is 6.05. The molecule has 3 heteroatoms. The molecule has 0 aliphatic carbocycles. The van der Waals surface area contributed by atoms with Gasteiger partial charge in [-0.3, -0.25) is 0 Å². The molecule has 0 heterocycles. The van der Waals surface area contributed by atoms with Gasteiger partial charge in [-0.25, -0.2) is 4.79 Å². The number of benzene rings is 1. The lowest BCUT2D eigenvalue weighted by Crippen LogP contribution is -2.17. The Balaban J connectivity index is 2.89. The number of rotatable bonds is 5. The number of carbonyl (C=O) groups is 1. The van der Waals surface area contributed by atoms with Crippen LogP contribution in [0.3, 0.4) is 0 Å². The van der Waals surface area contributed by atoms with Gasteiger partial charge in [0.2, 0.25) is 0 Å². The molecule has 0 atom stereocenters. The number of hydrogen-bond acceptors (Lipinski definition) is 2. The third kappa shape index (κ3) is 3.94. The van der Waals surface area contributed by atoms with E-state index in [4.69, 9.17) is 5.11 Å². The maximum absolute atomic E-state index is 10.4. The SMILES string of the molecule is CCCN(C)c1ccc(/C=C/C(=O)O)c(C)c1. The maximum Gasteiger partial charge on any atom is 0.328 e. The van der Waals surface area contributed by atoms with Crippen LogP contribution in [0.1, 0.15) is 24.5 Å². The fourth-order valence-electron chi connectivity index (χ4n) is 1.71. The molecule has 1 aromatic rings. The number of aliphatic carboxylic acids is 1. The summed E-state index contributed by atoms with van der Waals surface area (Å²) in [6.07, 6.45) is 3.90. The summed E-state index contributed by atoms with van der Waals surface area (Å²) in [5.74, 6) is -0.920. The first kappa shape index (κ1) is 13.3. The highest BCUT2D eigenvalue weighted by Gasteiger charge is 2.02. The molecule has 3 nitrogen and oxygen atoms in total. The first-order chi connectivity index (χ1) is 8.04. The topological polar surface area (TPSA) is 40.5 Å². The van der Waals surface area contributed by atoms with E-state index >= 15 is 0 Å². The van der Waals surface area contributed by atoms with E-state index in [-0.39, 0.29) is 0 Å². The molecule has 92 valence electrons. The van der Waals surface area contributed by atoms with Crippen molar-refractivity contribution in [2.24, 2.45) is 0 Å². The molecule has 0 aliphatic rings. The van der Waals surface area contributed by atoms with Gasteiger partial charge in [-0.15, -0.1) is 0 Å². The maximum atomic E-state index is 10.4. The Morgan fingerprint density at radius 2 is 2.18 bits per heavy atom. The molecule has 0 saturated heterocycles. The number of anilines is 1. The van der Waals surface area contributed by atoms with Gasteiger partial charge in [-0.1, -0.05) is 13.0 Å². The van der Waals surface area contributed by atoms with Gasteiger partial charge in [0, 0.05) is 25.4 Å². The summed E-state index contributed by atoms with van der Waals surface area (Å²) < 4.78 is 0. The van der Waals surface area contributed by atoms with Crippen molar-refractivity contribution in [3.8, 4) is 0 Å². The van der Waals surface area contributed by atoms with Crippen molar-refractivity contribution in [3.63, 3.8) is 0 Å². The van der Waals surface area contributed by atoms with E-state index in [0.717, 1.165) is 35.9 Å². The zero-order chi connectivity index (χ0) is 12.8. The van der Waals surface area contributed by atoms with E-state index < -0.39 is 5.97 Å². The Morgan fingerprint density at radius 1 is 1.47 bits per heavy atom. The van der Waals surface area contributed by atoms with E-state index in [9.17, 15) is 4.79 Å². The molecule has 0 amide bonds. The molecular weight excluding hydrogens is 214 g/mol. The van der Waals surface area contributed by atoms with Crippen LogP contribution >= 0.6 is 0 Å². The minimum absolute atomic E-state index is 0.920. The molecule has 0 fully saturated rings. The van der Waals surface area contributed by atoms with Crippen molar-refractivity contribution >= 4 is 17.7 Å². The first-order valence-corrected chi connectivity index (χ1v) is 5.77. The second-order valence-corrected chi connectivity index (χ2v) is 4.13. The van der Waals surface area contributed by atoms with Crippen LogP contribution in [0.25, 0.3) is 6.08 Å². The van der Waals surface area contributed by atoms with Crippen molar-refractivity contribution in [3.05, 3.63) is 35.4 Å². The third-order valence-corrected chi connectivity index (χ3v) is 2.66. The van der Waals surface area contributed by atoms with Crippen LogP contribution in [-0.2, 0) is 4.79 Å². The van der Waals surface area contributed by atoms with E-state index in [0.29, 0.717) is 0 Å². The molecule has 0 aromatic heterocycles. The van der Waals surface area contributed by atoms with E-state index in [1.165, 1.54) is 0 Å². The van der Waals surface area contributed by atoms with Gasteiger partial charge >= 0.3 is 5.97 Å². The fraction of sp³-hybridized carbons (Fsp3) is 0.357. The molecular formula is C14H19NO2. The Hall–Kier alpha value is -1.77. The van der Waals surface area contributed by atoms with Crippen LogP contribution in [-0.4, -0.2) is 24.7 Å². The minimum atomic E-state index is -0.920. The van der Waals surface area contributed by atoms with Crippen molar-refractivity contribution in [1.29, 1.82) is 0 Å². The average Bonchev–Trinajstić information content (AvgIpc) is 2.27. The lowest BCUT2D eigenvalue weighted by atomic mass is 10.1. The third-order valence-electron chi connectivity index (χ3n) is 2.66. The predicted octanol–water partition coefficient (Wildman–Crippen LogP) is 2.94. The Morgan fingerprint density at radius 3 is 2.71 bits per heavy atom. The molecule has 0 radical (unpaired) electrons. The lowest BCUT2D eigenvalue weighted by Gasteiger charge is -2.19. The van der Waals surface area contributed by atoms with Crippen molar-refractivity contribution in [2.45, 2.75) is 20.3 Å². The van der Waals surface area contributed by atoms with Crippen LogP contribution < -0.4 is 4.90 Å². The van der Waals surface area contributed by atoms with E-state index in [1.807, 2.05) is 19.1 Å². The highest BCUT2D eigenvalue weighted by atomic mass is 16.4. The molecule has 17 heavy (non-hydrogen) atoms. The summed E-state index contributed by atoms with van der Waals surface area (Å²) in [4.78, 5) is 12.6. The summed E-state index contributed by atoms with van der Waals surface area (Å²) >= 11 is 0. The molecule has 1 rings (SSSR count). The van der Waals surface area contributed by atoms with Crippen LogP contribution in [0.5, 0.6) is 0 Å². The number of nitrogens with zero attached hydrogens (tertiary/aromatic N) is 1. The van der Waals surface area contributed by atoms with Gasteiger partial charge in [-0.2, -0.15) is 0 Å². The summed E-state index contributed by atoms with van der Waals surface area (Å²) in [6.45, 7) is 5.15. The minimum Gasteiger partial charge on any atom is -0.478 e. The van der Waals surface area contributed by atoms with E-state index in [2.05, 4.69) is 24.9 Å². The lowest BCUT2D eigenvalue weighted by molar-refractivity contribution is -0.131. The van der Waals surface area contributed by atoms with Gasteiger partial charge in [-0.05, 0) is 42.7 Å². The number of aryl methyl sites for hydroxylation is 1. The summed E-state index contributed by atoms with van der Waals surface area (Å²) in [7, 11) is 2.06. The van der Waals surface area contributed by atoms with Crippen LogP contribution in [0.15, 0.2) is 24.3 Å². The monoisotopic (exact) mass is 233 g/mol. The quantitative estimate of drug-likeness (QED) is 0.795. The first-order valence-electron chi connectivity index (χ1n) is 5.77. The number of carboxylic acids is 1. The van der Waals surface area contributed by atoms with Crippen LogP contribution in [0.2, 0.25) is 0 Å². The number of carboxylic acid groups (broad SMARTS) is 1. The Labute approximate surface area is 102 Å². The van der Waals surface area contributed by atoms with Gasteiger partial charge in [0.15, 0.2) is 0 Å². The van der Waals surface area contributed by atoms with Gasteiger partial charge < -0.3 is 10.0 Å². The van der Waals surface area contributed by atoms with Gasteiger partial charge in [0.05, 0.1) is 0 Å². The molecule has 1 aromatic carbocycles.